The Morgan fingerprint density at radius 1 is 1.06 bits per heavy atom. The van der Waals surface area contributed by atoms with Crippen LogP contribution in [-0.2, 0) is 9.53 Å². The summed E-state index contributed by atoms with van der Waals surface area (Å²) in [6.07, 6.45) is -1.86. The summed E-state index contributed by atoms with van der Waals surface area (Å²) in [4.78, 5) is 26.9. The highest BCUT2D eigenvalue weighted by Gasteiger charge is 2.46. The molecule has 2 fully saturated rings. The van der Waals surface area contributed by atoms with Crippen LogP contribution in [0.3, 0.4) is 0 Å². The summed E-state index contributed by atoms with van der Waals surface area (Å²) in [5.41, 5.74) is 7.90. The van der Waals surface area contributed by atoms with E-state index in [4.69, 9.17) is 19.9 Å². The van der Waals surface area contributed by atoms with Gasteiger partial charge in [-0.2, -0.15) is 28.2 Å². The van der Waals surface area contributed by atoms with Gasteiger partial charge >= 0.3 is 12.1 Å². The van der Waals surface area contributed by atoms with Crippen LogP contribution in [0.1, 0.15) is 50.5 Å². The molecule has 3 N–H and O–H groups in total. The number of carbonyl (C=O) groups is 1. The molecule has 4 aromatic rings. The van der Waals surface area contributed by atoms with Gasteiger partial charge in [-0.25, -0.2) is 9.67 Å². The number of esters is 1. The number of halogens is 3. The fourth-order valence-corrected chi connectivity index (χ4v) is 6.47. The molecule has 2 aliphatic rings. The number of carbonyl (C=O) groups excluding carboxylic acids is 1. The standard InChI is InChI=1S/C34H39F3N8O4/c1-4-47-28-9-7-23(19-39-28)22-6-8-24(26(16-22)45-13-10-21(3)43-45)30(34(35,36)37)49-29-17-27(41-32(38)42-29)44-14-11-33(12-15-44)18-25(40-20-33)31(46)48-5-2/h6-10,13,16-17,19,25,30,40H,4-5,11-12,14-15,18,20H2,1-3H3,(H2,38,41,42)/t25-,30+/m0/s1. The zero-order valence-corrected chi connectivity index (χ0v) is 27.5. The van der Waals surface area contributed by atoms with E-state index < -0.39 is 12.3 Å². The van der Waals surface area contributed by atoms with Gasteiger partial charge in [0.25, 0.3) is 0 Å². The molecule has 2 aliphatic heterocycles. The summed E-state index contributed by atoms with van der Waals surface area (Å²) in [5.74, 6) is 0.0480. The molecular formula is C34H39F3N8O4. The van der Waals surface area contributed by atoms with E-state index in [2.05, 4.69) is 25.4 Å². The van der Waals surface area contributed by atoms with E-state index in [0.29, 0.717) is 67.8 Å². The largest absolute Gasteiger partial charge is 0.478 e. The van der Waals surface area contributed by atoms with Crippen molar-refractivity contribution in [3.05, 3.63) is 66.1 Å². The van der Waals surface area contributed by atoms with E-state index in [1.807, 2.05) is 11.8 Å². The normalized spacial score (nSPS) is 18.0. The Balaban J connectivity index is 1.26. The van der Waals surface area contributed by atoms with Crippen LogP contribution in [0.4, 0.5) is 24.9 Å². The van der Waals surface area contributed by atoms with Crippen LogP contribution in [-0.4, -0.2) is 75.8 Å². The molecule has 260 valence electrons. The fraction of sp³-hybridized carbons (Fsp3) is 0.441. The Kier molecular flexibility index (Phi) is 9.63. The Bertz CT molecular complexity index is 1770. The van der Waals surface area contributed by atoms with Crippen molar-refractivity contribution in [1.29, 1.82) is 0 Å². The quantitative estimate of drug-likeness (QED) is 0.213. The van der Waals surface area contributed by atoms with E-state index in [1.165, 1.54) is 16.8 Å². The van der Waals surface area contributed by atoms with Crippen molar-refractivity contribution in [3.8, 4) is 28.6 Å². The third-order valence-electron chi connectivity index (χ3n) is 8.97. The van der Waals surface area contributed by atoms with Gasteiger partial charge in [0.1, 0.15) is 11.9 Å². The predicted molar refractivity (Wildman–Crippen MR) is 175 cm³/mol. The zero-order chi connectivity index (χ0) is 34.8. The monoisotopic (exact) mass is 680 g/mol. The fourth-order valence-electron chi connectivity index (χ4n) is 6.47. The number of hydrogen-bond acceptors (Lipinski definition) is 11. The molecule has 12 nitrogen and oxygen atoms in total. The lowest BCUT2D eigenvalue weighted by atomic mass is 9.76. The maximum Gasteiger partial charge on any atom is 0.429 e. The van der Waals surface area contributed by atoms with Crippen LogP contribution in [0.25, 0.3) is 16.8 Å². The van der Waals surface area contributed by atoms with Crippen LogP contribution in [0.5, 0.6) is 11.8 Å². The number of alkyl halides is 3. The number of anilines is 2. The van der Waals surface area contributed by atoms with Crippen molar-refractivity contribution < 1.29 is 32.2 Å². The highest BCUT2D eigenvalue weighted by Crippen LogP contribution is 2.43. The van der Waals surface area contributed by atoms with Crippen LogP contribution in [0, 0.1) is 12.3 Å². The average molecular weight is 681 g/mol. The molecule has 3 aromatic heterocycles. The van der Waals surface area contributed by atoms with Gasteiger partial charge in [0.15, 0.2) is 0 Å². The lowest BCUT2D eigenvalue weighted by Crippen LogP contribution is -2.41. The summed E-state index contributed by atoms with van der Waals surface area (Å²) in [6.45, 7) is 7.99. The molecule has 2 atom stereocenters. The number of benzene rings is 1. The topological polar surface area (TPSA) is 143 Å². The van der Waals surface area contributed by atoms with Crippen LogP contribution in [0.15, 0.2) is 54.9 Å². The van der Waals surface area contributed by atoms with Gasteiger partial charge in [-0.05, 0) is 69.2 Å². The molecule has 0 bridgehead atoms. The number of nitrogens with one attached hydrogen (secondary N) is 1. The van der Waals surface area contributed by atoms with Crippen LogP contribution < -0.4 is 25.4 Å². The molecule has 2 saturated heterocycles. The first-order valence-corrected chi connectivity index (χ1v) is 16.3. The first kappa shape index (κ1) is 34.0. The highest BCUT2D eigenvalue weighted by molar-refractivity contribution is 5.76. The van der Waals surface area contributed by atoms with Gasteiger partial charge in [0.05, 0.1) is 24.6 Å². The van der Waals surface area contributed by atoms with Crippen molar-refractivity contribution in [2.75, 3.05) is 43.5 Å². The minimum absolute atomic E-state index is 0.0813. The number of nitrogens with zero attached hydrogens (tertiary/aromatic N) is 6. The smallest absolute Gasteiger partial charge is 0.429 e. The lowest BCUT2D eigenvalue weighted by molar-refractivity contribution is -0.198. The summed E-state index contributed by atoms with van der Waals surface area (Å²) >= 11 is 0. The number of pyridine rings is 1. The molecule has 49 heavy (non-hydrogen) atoms. The molecule has 6 rings (SSSR count). The summed E-state index contributed by atoms with van der Waals surface area (Å²) < 4.78 is 62.4. The first-order chi connectivity index (χ1) is 23.5. The van der Waals surface area contributed by atoms with E-state index in [1.54, 1.807) is 56.6 Å². The minimum Gasteiger partial charge on any atom is -0.478 e. The zero-order valence-electron chi connectivity index (χ0n) is 27.5. The molecular weight excluding hydrogens is 641 g/mol. The van der Waals surface area contributed by atoms with Gasteiger partial charge in [-0.1, -0.05) is 12.1 Å². The lowest BCUT2D eigenvalue weighted by Gasteiger charge is -2.39. The number of piperidine rings is 1. The third kappa shape index (κ3) is 7.56. The summed E-state index contributed by atoms with van der Waals surface area (Å²) in [6, 6.07) is 10.8. The SMILES string of the molecule is CCOC(=O)[C@@H]1CC2(CCN(c3cc(O[C@H](c4ccc(-c5ccc(OCC)nc5)cc4-n4ccc(C)n4)C(F)(F)F)nc(N)n3)CC2)CN1. The number of nitrogen functional groups attached to an aromatic ring is 1. The van der Waals surface area contributed by atoms with Crippen molar-refractivity contribution in [2.45, 2.75) is 58.4 Å². The Hall–Kier alpha value is -4.92. The van der Waals surface area contributed by atoms with Gasteiger partial charge < -0.3 is 30.2 Å². The van der Waals surface area contributed by atoms with Gasteiger partial charge in [0.2, 0.25) is 23.8 Å². The molecule has 0 amide bonds. The molecule has 1 spiro atoms. The first-order valence-electron chi connectivity index (χ1n) is 16.3. The molecule has 15 heteroatoms. The van der Waals surface area contributed by atoms with E-state index in [9.17, 15) is 18.0 Å². The molecule has 0 radical (unpaired) electrons. The van der Waals surface area contributed by atoms with Gasteiger partial charge in [0, 0.05) is 55.3 Å². The molecule has 1 aromatic carbocycles. The van der Waals surface area contributed by atoms with E-state index in [0.717, 1.165) is 12.8 Å². The van der Waals surface area contributed by atoms with E-state index >= 15 is 0 Å². The average Bonchev–Trinajstić information content (AvgIpc) is 3.70. The van der Waals surface area contributed by atoms with Crippen LogP contribution >= 0.6 is 0 Å². The number of aromatic nitrogens is 5. The molecule has 0 unspecified atom stereocenters. The second-order valence-electron chi connectivity index (χ2n) is 12.3. The van der Waals surface area contributed by atoms with E-state index in [-0.39, 0.29) is 40.5 Å². The van der Waals surface area contributed by atoms with Crippen molar-refractivity contribution in [1.82, 2.24) is 30.0 Å². The van der Waals surface area contributed by atoms with Gasteiger partial charge in [-0.3, -0.25) is 4.79 Å². The highest BCUT2D eigenvalue weighted by atomic mass is 19.4. The maximum absolute atomic E-state index is 14.9. The second-order valence-corrected chi connectivity index (χ2v) is 12.3. The van der Waals surface area contributed by atoms with Crippen molar-refractivity contribution in [2.24, 2.45) is 5.41 Å². The molecule has 5 heterocycles. The number of hydrogen-bond donors (Lipinski definition) is 2. The van der Waals surface area contributed by atoms with Crippen LogP contribution in [0.2, 0.25) is 0 Å². The second kappa shape index (κ2) is 13.9. The Morgan fingerprint density at radius 3 is 2.49 bits per heavy atom. The Labute approximate surface area is 281 Å². The summed E-state index contributed by atoms with van der Waals surface area (Å²) in [5, 5.41) is 7.69. The van der Waals surface area contributed by atoms with Crippen molar-refractivity contribution in [3.63, 3.8) is 0 Å². The third-order valence-corrected chi connectivity index (χ3v) is 8.97. The molecule has 0 aliphatic carbocycles. The number of rotatable bonds is 10. The number of aryl methyl sites for hydroxylation is 1. The Morgan fingerprint density at radius 2 is 1.84 bits per heavy atom. The summed E-state index contributed by atoms with van der Waals surface area (Å²) in [7, 11) is 0. The van der Waals surface area contributed by atoms with Crippen molar-refractivity contribution >= 4 is 17.7 Å². The predicted octanol–water partition coefficient (Wildman–Crippen LogP) is 5.21. The van der Waals surface area contributed by atoms with Gasteiger partial charge in [-0.15, -0.1) is 0 Å². The minimum atomic E-state index is -4.83. The molecule has 0 saturated carbocycles. The maximum atomic E-state index is 14.9. The number of ether oxygens (including phenoxy) is 3. The number of nitrogens with two attached hydrogens (primary N) is 1.